The zero-order valence-corrected chi connectivity index (χ0v) is 13.3. The summed E-state index contributed by atoms with van der Waals surface area (Å²) in [6.45, 7) is 7.75. The Morgan fingerprint density at radius 2 is 2.00 bits per heavy atom. The molecule has 0 unspecified atom stereocenters. The van der Waals surface area contributed by atoms with Gasteiger partial charge in [-0.1, -0.05) is 23.7 Å². The van der Waals surface area contributed by atoms with E-state index >= 15 is 0 Å². The monoisotopic (exact) mass is 304 g/mol. The second-order valence-electron chi connectivity index (χ2n) is 5.88. The topological polar surface area (TPSA) is 44.2 Å². The predicted molar refractivity (Wildman–Crippen MR) is 81.4 cm³/mol. The predicted octanol–water partition coefficient (Wildman–Crippen LogP) is 4.25. The summed E-state index contributed by atoms with van der Waals surface area (Å²) < 4.78 is 11.9. The highest BCUT2D eigenvalue weighted by atomic mass is 35.5. The highest BCUT2D eigenvalue weighted by molar-refractivity contribution is 6.30. The fourth-order valence-electron chi connectivity index (χ4n) is 2.44. The smallest absolute Gasteiger partial charge is 0.227 e. The molecule has 110 valence electrons. The Labute approximate surface area is 129 Å². The summed E-state index contributed by atoms with van der Waals surface area (Å²) in [5.74, 6) is 2.49. The number of para-hydroxylation sites is 1. The number of aryl methyl sites for hydroxylation is 1. The molecule has 1 aliphatic heterocycles. The van der Waals surface area contributed by atoms with E-state index in [0.717, 1.165) is 23.3 Å². The van der Waals surface area contributed by atoms with Gasteiger partial charge in [-0.3, -0.25) is 0 Å². The number of hydrogen-bond acceptors (Lipinski definition) is 4. The third kappa shape index (κ3) is 2.68. The first-order valence-electron chi connectivity index (χ1n) is 6.85. The lowest BCUT2D eigenvalue weighted by molar-refractivity contribution is 0.135. The summed E-state index contributed by atoms with van der Waals surface area (Å²) in [5.41, 5.74) is 1.65. The van der Waals surface area contributed by atoms with Crippen LogP contribution in [0.4, 0.5) is 0 Å². The maximum absolute atomic E-state index is 6.09. The fourth-order valence-corrected chi connectivity index (χ4v) is 2.64. The van der Waals surface area contributed by atoms with Crippen LogP contribution >= 0.6 is 11.6 Å². The lowest BCUT2D eigenvalue weighted by Gasteiger charge is -2.18. The molecular formula is C16H17ClN2O2. The first-order valence-corrected chi connectivity index (χ1v) is 7.23. The van der Waals surface area contributed by atoms with Gasteiger partial charge in [-0.15, -0.1) is 0 Å². The summed E-state index contributed by atoms with van der Waals surface area (Å²) in [4.78, 5) is 8.43. The summed E-state index contributed by atoms with van der Waals surface area (Å²) in [6, 6.07) is 5.90. The lowest BCUT2D eigenvalue weighted by Crippen LogP contribution is -2.24. The Morgan fingerprint density at radius 1 is 1.24 bits per heavy atom. The van der Waals surface area contributed by atoms with Crippen molar-refractivity contribution in [1.29, 1.82) is 0 Å². The average Bonchev–Trinajstić information content (AvgIpc) is 2.70. The van der Waals surface area contributed by atoms with Crippen LogP contribution in [0.3, 0.4) is 0 Å². The first-order chi connectivity index (χ1) is 9.85. The first kappa shape index (κ1) is 14.1. The van der Waals surface area contributed by atoms with Crippen molar-refractivity contribution in [1.82, 2.24) is 9.97 Å². The normalized spacial score (nSPS) is 15.5. The summed E-state index contributed by atoms with van der Waals surface area (Å²) >= 11 is 6.09. The average molecular weight is 305 g/mol. The van der Waals surface area contributed by atoms with Crippen molar-refractivity contribution in [2.24, 2.45) is 0 Å². The number of nitrogens with zero attached hydrogens (tertiary/aromatic N) is 2. The van der Waals surface area contributed by atoms with Crippen molar-refractivity contribution < 1.29 is 9.47 Å². The molecule has 3 rings (SSSR count). The Balaban J connectivity index is 2.00. The van der Waals surface area contributed by atoms with E-state index in [-0.39, 0.29) is 5.60 Å². The third-order valence-electron chi connectivity index (χ3n) is 3.42. The molecule has 0 aliphatic carbocycles. The van der Waals surface area contributed by atoms with E-state index in [0.29, 0.717) is 22.6 Å². The van der Waals surface area contributed by atoms with Crippen LogP contribution < -0.4 is 9.47 Å². The second kappa shape index (κ2) is 4.88. The van der Waals surface area contributed by atoms with Gasteiger partial charge in [0.2, 0.25) is 5.88 Å². The van der Waals surface area contributed by atoms with Crippen LogP contribution in [-0.2, 0) is 6.42 Å². The molecule has 0 radical (unpaired) electrons. The molecule has 0 N–H and O–H groups in total. The van der Waals surface area contributed by atoms with E-state index in [1.807, 2.05) is 19.1 Å². The molecule has 2 heterocycles. The van der Waals surface area contributed by atoms with Gasteiger partial charge in [0.05, 0.1) is 0 Å². The minimum atomic E-state index is -0.212. The molecule has 0 bridgehead atoms. The molecule has 0 saturated carbocycles. The highest BCUT2D eigenvalue weighted by Crippen LogP contribution is 2.43. The number of hydrogen-bond donors (Lipinski definition) is 0. The van der Waals surface area contributed by atoms with E-state index < -0.39 is 0 Å². The van der Waals surface area contributed by atoms with Gasteiger partial charge in [0.1, 0.15) is 16.6 Å². The van der Waals surface area contributed by atoms with Crippen LogP contribution in [0.15, 0.2) is 18.2 Å². The second-order valence-corrected chi connectivity index (χ2v) is 6.23. The quantitative estimate of drug-likeness (QED) is 0.778. The van der Waals surface area contributed by atoms with Gasteiger partial charge in [-0.25, -0.2) is 4.98 Å². The van der Waals surface area contributed by atoms with Gasteiger partial charge >= 0.3 is 0 Å². The van der Waals surface area contributed by atoms with Gasteiger partial charge < -0.3 is 9.47 Å². The maximum Gasteiger partial charge on any atom is 0.227 e. The highest BCUT2D eigenvalue weighted by Gasteiger charge is 2.32. The minimum absolute atomic E-state index is 0.212. The Bertz CT molecular complexity index is 714. The largest absolute Gasteiger partial charge is 0.483 e. The summed E-state index contributed by atoms with van der Waals surface area (Å²) in [7, 11) is 0. The number of ether oxygens (including phenoxy) is 2. The van der Waals surface area contributed by atoms with E-state index in [2.05, 4.69) is 29.9 Å². The van der Waals surface area contributed by atoms with Gasteiger partial charge in [0, 0.05) is 17.5 Å². The lowest BCUT2D eigenvalue weighted by atomic mass is 10.0. The zero-order chi connectivity index (χ0) is 15.2. The van der Waals surface area contributed by atoms with Crippen molar-refractivity contribution in [2.45, 2.75) is 39.7 Å². The van der Waals surface area contributed by atoms with Crippen molar-refractivity contribution in [3.05, 3.63) is 40.3 Å². The third-order valence-corrected chi connectivity index (χ3v) is 3.78. The van der Waals surface area contributed by atoms with Crippen LogP contribution in [-0.4, -0.2) is 15.6 Å². The molecule has 5 heteroatoms. The Kier molecular flexibility index (Phi) is 3.29. The fraction of sp³-hybridized carbons (Fsp3) is 0.375. The van der Waals surface area contributed by atoms with Crippen molar-refractivity contribution in [3.63, 3.8) is 0 Å². The molecule has 0 fully saturated rings. The van der Waals surface area contributed by atoms with Gasteiger partial charge in [0.15, 0.2) is 11.5 Å². The molecular weight excluding hydrogens is 288 g/mol. The molecule has 0 saturated heterocycles. The molecule has 1 aromatic carbocycles. The number of halogens is 1. The van der Waals surface area contributed by atoms with E-state index in [1.165, 1.54) is 0 Å². The SMILES string of the molecule is Cc1nc(Cl)c(C)c(Oc2cccc3c2OC(C)(C)C3)n1. The Hall–Kier alpha value is -1.81. The van der Waals surface area contributed by atoms with Crippen molar-refractivity contribution >= 4 is 11.6 Å². The van der Waals surface area contributed by atoms with Crippen LogP contribution in [0.5, 0.6) is 17.4 Å². The molecule has 1 aliphatic rings. The molecule has 4 nitrogen and oxygen atoms in total. The molecule has 0 spiro atoms. The standard InChI is InChI=1S/C16H17ClN2O2/c1-9-14(17)18-10(2)19-15(9)20-12-7-5-6-11-8-16(3,4)21-13(11)12/h5-7H,8H2,1-4H3. The molecule has 21 heavy (non-hydrogen) atoms. The molecule has 1 aromatic heterocycles. The number of aromatic nitrogens is 2. The number of fused-ring (bicyclic) bond motifs is 1. The van der Waals surface area contributed by atoms with E-state index in [1.54, 1.807) is 6.92 Å². The van der Waals surface area contributed by atoms with Crippen LogP contribution in [0.2, 0.25) is 5.15 Å². The zero-order valence-electron chi connectivity index (χ0n) is 12.5. The van der Waals surface area contributed by atoms with Crippen molar-refractivity contribution in [3.8, 4) is 17.4 Å². The molecule has 0 amide bonds. The van der Waals surface area contributed by atoms with Crippen LogP contribution in [0.25, 0.3) is 0 Å². The molecule has 0 atom stereocenters. The van der Waals surface area contributed by atoms with Crippen molar-refractivity contribution in [2.75, 3.05) is 0 Å². The van der Waals surface area contributed by atoms with E-state index in [4.69, 9.17) is 21.1 Å². The maximum atomic E-state index is 6.09. The minimum Gasteiger partial charge on any atom is -0.483 e. The van der Waals surface area contributed by atoms with Crippen LogP contribution in [0, 0.1) is 13.8 Å². The number of rotatable bonds is 2. The van der Waals surface area contributed by atoms with Gasteiger partial charge in [-0.05, 0) is 33.8 Å². The summed E-state index contributed by atoms with van der Waals surface area (Å²) in [6.07, 6.45) is 0.863. The summed E-state index contributed by atoms with van der Waals surface area (Å²) in [5, 5.41) is 0.409. The van der Waals surface area contributed by atoms with E-state index in [9.17, 15) is 0 Å². The Morgan fingerprint density at radius 3 is 2.76 bits per heavy atom. The van der Waals surface area contributed by atoms with Gasteiger partial charge in [-0.2, -0.15) is 4.98 Å². The number of benzene rings is 1. The van der Waals surface area contributed by atoms with Gasteiger partial charge in [0.25, 0.3) is 0 Å². The van der Waals surface area contributed by atoms with Crippen LogP contribution in [0.1, 0.15) is 30.8 Å². The molecule has 2 aromatic rings.